The molecule has 1 aliphatic heterocycles. The number of anilines is 2. The SMILES string of the molecule is COC(=O)C1Cc2cc(N)ccc2N1. The van der Waals surface area contributed by atoms with E-state index < -0.39 is 0 Å². The van der Waals surface area contributed by atoms with E-state index in [0.29, 0.717) is 6.42 Å². The van der Waals surface area contributed by atoms with Crippen molar-refractivity contribution < 1.29 is 9.53 Å². The molecule has 0 aliphatic carbocycles. The Hall–Kier alpha value is -1.71. The van der Waals surface area contributed by atoms with Crippen LogP contribution >= 0.6 is 0 Å². The summed E-state index contributed by atoms with van der Waals surface area (Å²) in [5.41, 5.74) is 8.40. The Morgan fingerprint density at radius 3 is 3.14 bits per heavy atom. The monoisotopic (exact) mass is 192 g/mol. The number of nitrogens with two attached hydrogens (primary N) is 1. The Kier molecular flexibility index (Phi) is 2.04. The number of methoxy groups -OCH3 is 1. The molecule has 14 heavy (non-hydrogen) atoms. The number of nitrogen functional groups attached to an aromatic ring is 1. The van der Waals surface area contributed by atoms with Crippen LogP contribution in [0.5, 0.6) is 0 Å². The zero-order valence-electron chi connectivity index (χ0n) is 7.91. The average molecular weight is 192 g/mol. The van der Waals surface area contributed by atoms with Gasteiger partial charge < -0.3 is 15.8 Å². The summed E-state index contributed by atoms with van der Waals surface area (Å²) in [5.74, 6) is -0.236. The van der Waals surface area contributed by atoms with Gasteiger partial charge in [-0.15, -0.1) is 0 Å². The Morgan fingerprint density at radius 2 is 2.43 bits per heavy atom. The maximum Gasteiger partial charge on any atom is 0.328 e. The van der Waals surface area contributed by atoms with Gasteiger partial charge in [-0.05, 0) is 23.8 Å². The van der Waals surface area contributed by atoms with E-state index >= 15 is 0 Å². The van der Waals surface area contributed by atoms with Gasteiger partial charge in [-0.2, -0.15) is 0 Å². The highest BCUT2D eigenvalue weighted by atomic mass is 16.5. The second kappa shape index (κ2) is 3.21. The number of nitrogens with one attached hydrogen (secondary N) is 1. The molecule has 0 aromatic heterocycles. The van der Waals surface area contributed by atoms with Crippen molar-refractivity contribution in [2.24, 2.45) is 0 Å². The molecular weight excluding hydrogens is 180 g/mol. The maximum atomic E-state index is 11.3. The van der Waals surface area contributed by atoms with E-state index in [1.807, 2.05) is 18.2 Å². The maximum absolute atomic E-state index is 11.3. The molecule has 4 nitrogen and oxygen atoms in total. The molecule has 0 fully saturated rings. The van der Waals surface area contributed by atoms with Crippen molar-refractivity contribution in [3.05, 3.63) is 23.8 Å². The van der Waals surface area contributed by atoms with Crippen LogP contribution in [0.4, 0.5) is 11.4 Å². The number of ether oxygens (including phenoxy) is 1. The zero-order chi connectivity index (χ0) is 10.1. The number of benzene rings is 1. The van der Waals surface area contributed by atoms with Crippen LogP contribution in [0.2, 0.25) is 0 Å². The molecule has 1 aromatic carbocycles. The highest BCUT2D eigenvalue weighted by Crippen LogP contribution is 2.27. The van der Waals surface area contributed by atoms with Crippen LogP contribution in [0, 0.1) is 0 Å². The van der Waals surface area contributed by atoms with Crippen molar-refractivity contribution in [2.75, 3.05) is 18.2 Å². The first-order chi connectivity index (χ1) is 6.70. The van der Waals surface area contributed by atoms with Gasteiger partial charge in [0.25, 0.3) is 0 Å². The summed E-state index contributed by atoms with van der Waals surface area (Å²) < 4.78 is 4.66. The molecule has 1 atom stereocenters. The number of hydrogen-bond donors (Lipinski definition) is 2. The van der Waals surface area contributed by atoms with E-state index in [2.05, 4.69) is 10.1 Å². The van der Waals surface area contributed by atoms with Gasteiger partial charge in [0.2, 0.25) is 0 Å². The summed E-state index contributed by atoms with van der Waals surface area (Å²) >= 11 is 0. The molecule has 0 saturated heterocycles. The number of esters is 1. The molecule has 3 N–H and O–H groups in total. The highest BCUT2D eigenvalue weighted by molar-refractivity contribution is 5.83. The normalized spacial score (nSPS) is 18.5. The largest absolute Gasteiger partial charge is 0.467 e. The van der Waals surface area contributed by atoms with Gasteiger partial charge in [-0.25, -0.2) is 4.79 Å². The number of fused-ring (bicyclic) bond motifs is 1. The Bertz CT molecular complexity index is 376. The van der Waals surface area contributed by atoms with E-state index in [1.54, 1.807) is 0 Å². The van der Waals surface area contributed by atoms with E-state index in [1.165, 1.54) is 7.11 Å². The van der Waals surface area contributed by atoms with Crippen LogP contribution < -0.4 is 11.1 Å². The Balaban J connectivity index is 2.22. The van der Waals surface area contributed by atoms with Crippen molar-refractivity contribution in [1.82, 2.24) is 0 Å². The molecule has 4 heteroatoms. The lowest BCUT2D eigenvalue weighted by Gasteiger charge is -2.07. The predicted octanol–water partition coefficient (Wildman–Crippen LogP) is 0.778. The van der Waals surface area contributed by atoms with Crippen molar-refractivity contribution >= 4 is 17.3 Å². The molecule has 1 aliphatic rings. The van der Waals surface area contributed by atoms with Crippen LogP contribution in [0.1, 0.15) is 5.56 Å². The van der Waals surface area contributed by atoms with Gasteiger partial charge in [-0.1, -0.05) is 0 Å². The molecule has 1 aromatic rings. The van der Waals surface area contributed by atoms with Gasteiger partial charge >= 0.3 is 5.97 Å². The third-order valence-corrected chi connectivity index (χ3v) is 2.37. The van der Waals surface area contributed by atoms with Gasteiger partial charge in [-0.3, -0.25) is 0 Å². The van der Waals surface area contributed by atoms with Crippen LogP contribution in [0.25, 0.3) is 0 Å². The van der Waals surface area contributed by atoms with Gasteiger partial charge in [0, 0.05) is 17.8 Å². The van der Waals surface area contributed by atoms with Gasteiger partial charge in [0.05, 0.1) is 7.11 Å². The molecule has 1 unspecified atom stereocenters. The van der Waals surface area contributed by atoms with Crippen molar-refractivity contribution in [2.45, 2.75) is 12.5 Å². The summed E-state index contributed by atoms with van der Waals surface area (Å²) in [6.07, 6.45) is 0.646. The zero-order valence-corrected chi connectivity index (χ0v) is 7.91. The summed E-state index contributed by atoms with van der Waals surface area (Å²) in [5, 5.41) is 3.08. The Morgan fingerprint density at radius 1 is 1.64 bits per heavy atom. The highest BCUT2D eigenvalue weighted by Gasteiger charge is 2.27. The summed E-state index contributed by atoms with van der Waals surface area (Å²) in [6, 6.07) is 5.31. The second-order valence-corrected chi connectivity index (χ2v) is 3.34. The first-order valence-electron chi connectivity index (χ1n) is 4.43. The van der Waals surface area contributed by atoms with Crippen LogP contribution in [0.15, 0.2) is 18.2 Å². The van der Waals surface area contributed by atoms with Crippen LogP contribution in [0.3, 0.4) is 0 Å². The van der Waals surface area contributed by atoms with Gasteiger partial charge in [0.1, 0.15) is 6.04 Å². The first-order valence-corrected chi connectivity index (χ1v) is 4.43. The average Bonchev–Trinajstić information content (AvgIpc) is 2.59. The molecular formula is C10H12N2O2. The van der Waals surface area contributed by atoms with Gasteiger partial charge in [0.15, 0.2) is 0 Å². The number of carbonyl (C=O) groups is 1. The van der Waals surface area contributed by atoms with E-state index in [0.717, 1.165) is 16.9 Å². The molecule has 74 valence electrons. The fourth-order valence-electron chi connectivity index (χ4n) is 1.67. The van der Waals surface area contributed by atoms with E-state index in [9.17, 15) is 4.79 Å². The molecule has 0 saturated carbocycles. The first kappa shape index (κ1) is 8.87. The lowest BCUT2D eigenvalue weighted by molar-refractivity contribution is -0.141. The smallest absolute Gasteiger partial charge is 0.328 e. The van der Waals surface area contributed by atoms with Crippen LogP contribution in [-0.2, 0) is 16.0 Å². The van der Waals surface area contributed by atoms with Crippen molar-refractivity contribution in [1.29, 1.82) is 0 Å². The number of hydrogen-bond acceptors (Lipinski definition) is 4. The third kappa shape index (κ3) is 1.39. The quantitative estimate of drug-likeness (QED) is 0.509. The summed E-state index contributed by atoms with van der Waals surface area (Å²) in [4.78, 5) is 11.3. The van der Waals surface area contributed by atoms with Crippen LogP contribution in [-0.4, -0.2) is 19.1 Å². The Labute approximate surface area is 82.1 Å². The molecule has 0 amide bonds. The molecule has 0 bridgehead atoms. The molecule has 1 heterocycles. The van der Waals surface area contributed by atoms with Crippen molar-refractivity contribution in [3.8, 4) is 0 Å². The second-order valence-electron chi connectivity index (χ2n) is 3.34. The molecule has 0 radical (unpaired) electrons. The lowest BCUT2D eigenvalue weighted by atomic mass is 10.1. The topological polar surface area (TPSA) is 64.3 Å². The fraction of sp³-hybridized carbons (Fsp3) is 0.300. The summed E-state index contributed by atoms with van der Waals surface area (Å²) in [6.45, 7) is 0. The minimum absolute atomic E-state index is 0.236. The molecule has 2 rings (SSSR count). The predicted molar refractivity (Wildman–Crippen MR) is 54.0 cm³/mol. The number of rotatable bonds is 1. The standard InChI is InChI=1S/C10H12N2O2/c1-14-10(13)9-5-6-4-7(11)2-3-8(6)12-9/h2-4,9,12H,5,11H2,1H3. The number of carbonyl (C=O) groups excluding carboxylic acids is 1. The summed E-state index contributed by atoms with van der Waals surface area (Å²) in [7, 11) is 1.39. The minimum Gasteiger partial charge on any atom is -0.467 e. The van der Waals surface area contributed by atoms with Crippen molar-refractivity contribution in [3.63, 3.8) is 0 Å². The third-order valence-electron chi connectivity index (χ3n) is 2.37. The van der Waals surface area contributed by atoms with E-state index in [-0.39, 0.29) is 12.0 Å². The van der Waals surface area contributed by atoms with E-state index in [4.69, 9.17) is 5.73 Å². The minimum atomic E-state index is -0.267. The molecule has 0 spiro atoms. The lowest BCUT2D eigenvalue weighted by Crippen LogP contribution is -2.27. The fourth-order valence-corrected chi connectivity index (χ4v) is 1.67.